The SMILES string of the molecule is COCc1nc(COc2ccccc2)sc1C(=O)NN. The monoisotopic (exact) mass is 293 g/mol. The third-order valence-electron chi connectivity index (χ3n) is 2.47. The first kappa shape index (κ1) is 14.4. The smallest absolute Gasteiger partial charge is 0.277 e. The lowest BCUT2D eigenvalue weighted by Gasteiger charge is -2.02. The van der Waals surface area contributed by atoms with E-state index < -0.39 is 0 Å². The highest BCUT2D eigenvalue weighted by molar-refractivity contribution is 7.13. The summed E-state index contributed by atoms with van der Waals surface area (Å²) in [5.74, 6) is 5.53. The van der Waals surface area contributed by atoms with E-state index >= 15 is 0 Å². The summed E-state index contributed by atoms with van der Waals surface area (Å²) in [5, 5.41) is 0.694. The van der Waals surface area contributed by atoms with Gasteiger partial charge in [0.15, 0.2) is 0 Å². The number of hydrazine groups is 1. The van der Waals surface area contributed by atoms with Gasteiger partial charge in [0.1, 0.15) is 22.2 Å². The number of hydrogen-bond acceptors (Lipinski definition) is 6. The molecule has 106 valence electrons. The molecule has 0 aliphatic heterocycles. The molecule has 2 aromatic rings. The van der Waals surface area contributed by atoms with Crippen molar-refractivity contribution in [2.45, 2.75) is 13.2 Å². The van der Waals surface area contributed by atoms with Gasteiger partial charge in [-0.1, -0.05) is 18.2 Å². The molecule has 1 aromatic carbocycles. The Balaban J connectivity index is 2.10. The first-order valence-corrected chi connectivity index (χ1v) is 6.72. The van der Waals surface area contributed by atoms with E-state index in [0.717, 1.165) is 5.75 Å². The number of aromatic nitrogens is 1. The van der Waals surface area contributed by atoms with Gasteiger partial charge in [0.05, 0.1) is 12.3 Å². The molecule has 1 aromatic heterocycles. The predicted molar refractivity (Wildman–Crippen MR) is 75.3 cm³/mol. The van der Waals surface area contributed by atoms with E-state index in [-0.39, 0.29) is 12.5 Å². The molecule has 20 heavy (non-hydrogen) atoms. The Hall–Kier alpha value is -1.96. The molecule has 0 aliphatic rings. The van der Waals surface area contributed by atoms with Gasteiger partial charge < -0.3 is 9.47 Å². The van der Waals surface area contributed by atoms with Gasteiger partial charge in [-0.2, -0.15) is 0 Å². The van der Waals surface area contributed by atoms with Crippen molar-refractivity contribution in [1.29, 1.82) is 0 Å². The van der Waals surface area contributed by atoms with Crippen LogP contribution in [0.5, 0.6) is 5.75 Å². The molecule has 1 heterocycles. The van der Waals surface area contributed by atoms with Crippen molar-refractivity contribution in [2.24, 2.45) is 5.84 Å². The highest BCUT2D eigenvalue weighted by Gasteiger charge is 2.17. The maximum absolute atomic E-state index is 11.6. The Bertz CT molecular complexity index is 571. The van der Waals surface area contributed by atoms with Gasteiger partial charge in [-0.25, -0.2) is 10.8 Å². The fourth-order valence-corrected chi connectivity index (χ4v) is 2.49. The fraction of sp³-hybridized carbons (Fsp3) is 0.231. The maximum Gasteiger partial charge on any atom is 0.277 e. The number of ether oxygens (including phenoxy) is 2. The first-order chi connectivity index (χ1) is 9.74. The maximum atomic E-state index is 11.6. The predicted octanol–water partition coefficient (Wildman–Crippen LogP) is 1.47. The first-order valence-electron chi connectivity index (χ1n) is 5.91. The molecule has 0 unspecified atom stereocenters. The summed E-state index contributed by atoms with van der Waals surface area (Å²) < 4.78 is 10.6. The van der Waals surface area contributed by atoms with Crippen molar-refractivity contribution in [3.8, 4) is 5.75 Å². The van der Waals surface area contributed by atoms with Crippen LogP contribution in [-0.2, 0) is 18.0 Å². The van der Waals surface area contributed by atoms with Crippen molar-refractivity contribution >= 4 is 17.2 Å². The molecular formula is C13H15N3O3S. The van der Waals surface area contributed by atoms with Crippen LogP contribution in [0.3, 0.4) is 0 Å². The molecule has 0 radical (unpaired) electrons. The standard InChI is InChI=1S/C13H15N3O3S/c1-18-7-10-12(13(17)16-14)20-11(15-10)8-19-9-5-3-2-4-6-9/h2-6H,7-8,14H2,1H3,(H,16,17). The van der Waals surface area contributed by atoms with Crippen molar-refractivity contribution < 1.29 is 14.3 Å². The molecule has 0 spiro atoms. The number of nitrogens with two attached hydrogens (primary N) is 1. The quantitative estimate of drug-likeness (QED) is 0.478. The molecule has 0 fully saturated rings. The molecule has 2 rings (SSSR count). The van der Waals surface area contributed by atoms with Crippen molar-refractivity contribution in [2.75, 3.05) is 7.11 Å². The largest absolute Gasteiger partial charge is 0.486 e. The molecule has 0 atom stereocenters. The number of thiazole rings is 1. The van der Waals surface area contributed by atoms with Gasteiger partial charge in [-0.05, 0) is 12.1 Å². The van der Waals surface area contributed by atoms with Crippen molar-refractivity contribution in [1.82, 2.24) is 10.4 Å². The van der Waals surface area contributed by atoms with Gasteiger partial charge in [0, 0.05) is 7.11 Å². The number of carbonyl (C=O) groups excluding carboxylic acids is 1. The molecule has 0 saturated heterocycles. The zero-order chi connectivity index (χ0) is 14.4. The van der Waals surface area contributed by atoms with Gasteiger partial charge in [-0.15, -0.1) is 11.3 Å². The van der Waals surface area contributed by atoms with Crippen LogP contribution in [0.4, 0.5) is 0 Å². The summed E-state index contributed by atoms with van der Waals surface area (Å²) in [6, 6.07) is 9.41. The Kier molecular flexibility index (Phi) is 5.05. The second-order valence-electron chi connectivity index (χ2n) is 3.89. The minimum atomic E-state index is -0.375. The van der Waals surface area contributed by atoms with E-state index in [1.54, 1.807) is 7.11 Å². The number of nitrogens with zero attached hydrogens (tertiary/aromatic N) is 1. The van der Waals surface area contributed by atoms with Gasteiger partial charge in [-0.3, -0.25) is 10.2 Å². The topological polar surface area (TPSA) is 86.5 Å². The summed E-state index contributed by atoms with van der Waals surface area (Å²) in [4.78, 5) is 16.4. The lowest BCUT2D eigenvalue weighted by Crippen LogP contribution is -2.30. The number of para-hydroxylation sites is 1. The highest BCUT2D eigenvalue weighted by atomic mass is 32.1. The highest BCUT2D eigenvalue weighted by Crippen LogP contribution is 2.21. The molecule has 1 amide bonds. The van der Waals surface area contributed by atoms with Gasteiger partial charge in [0.2, 0.25) is 0 Å². The lowest BCUT2D eigenvalue weighted by molar-refractivity contribution is 0.0952. The minimum Gasteiger partial charge on any atom is -0.486 e. The van der Waals surface area contributed by atoms with E-state index in [2.05, 4.69) is 10.4 Å². The Morgan fingerprint density at radius 3 is 2.75 bits per heavy atom. The summed E-state index contributed by atoms with van der Waals surface area (Å²) in [7, 11) is 1.55. The molecular weight excluding hydrogens is 278 g/mol. The van der Waals surface area contributed by atoms with Crippen LogP contribution in [0.25, 0.3) is 0 Å². The van der Waals surface area contributed by atoms with Crippen LogP contribution in [0.15, 0.2) is 30.3 Å². The minimum absolute atomic E-state index is 0.255. The van der Waals surface area contributed by atoms with Crippen LogP contribution >= 0.6 is 11.3 Å². The second-order valence-corrected chi connectivity index (χ2v) is 4.98. The van der Waals surface area contributed by atoms with Crippen LogP contribution in [0.2, 0.25) is 0 Å². The molecule has 0 aliphatic carbocycles. The van der Waals surface area contributed by atoms with Crippen LogP contribution in [-0.4, -0.2) is 18.0 Å². The third kappa shape index (κ3) is 3.53. The van der Waals surface area contributed by atoms with Crippen molar-refractivity contribution in [3.63, 3.8) is 0 Å². The summed E-state index contributed by atoms with van der Waals surface area (Å²) in [6.45, 7) is 0.549. The Morgan fingerprint density at radius 1 is 1.35 bits per heavy atom. The Labute approximate surface area is 120 Å². The van der Waals surface area contributed by atoms with Gasteiger partial charge >= 0.3 is 0 Å². The number of benzene rings is 1. The zero-order valence-electron chi connectivity index (χ0n) is 11.0. The van der Waals surface area contributed by atoms with Crippen molar-refractivity contribution in [3.05, 3.63) is 45.9 Å². The normalized spacial score (nSPS) is 10.3. The lowest BCUT2D eigenvalue weighted by atomic mass is 10.3. The molecule has 3 N–H and O–H groups in total. The average Bonchev–Trinajstić information content (AvgIpc) is 2.89. The molecule has 7 heteroatoms. The number of amides is 1. The third-order valence-corrected chi connectivity index (χ3v) is 3.54. The number of nitrogens with one attached hydrogen (secondary N) is 1. The van der Waals surface area contributed by atoms with E-state index in [1.807, 2.05) is 30.3 Å². The number of carbonyl (C=O) groups is 1. The Morgan fingerprint density at radius 2 is 2.10 bits per heavy atom. The van der Waals surface area contributed by atoms with E-state index in [4.69, 9.17) is 15.3 Å². The molecule has 0 bridgehead atoms. The number of nitrogen functional groups attached to an aromatic ring is 1. The zero-order valence-corrected chi connectivity index (χ0v) is 11.8. The average molecular weight is 293 g/mol. The fourth-order valence-electron chi connectivity index (χ4n) is 1.60. The molecule has 0 saturated carbocycles. The van der Waals surface area contributed by atoms with Crippen LogP contribution in [0, 0.1) is 0 Å². The van der Waals surface area contributed by atoms with Crippen LogP contribution in [0.1, 0.15) is 20.4 Å². The number of hydrogen-bond donors (Lipinski definition) is 2. The second kappa shape index (κ2) is 6.99. The van der Waals surface area contributed by atoms with E-state index in [0.29, 0.717) is 22.2 Å². The van der Waals surface area contributed by atoms with Crippen LogP contribution < -0.4 is 16.0 Å². The summed E-state index contributed by atoms with van der Waals surface area (Å²) >= 11 is 1.24. The number of methoxy groups -OCH3 is 1. The number of rotatable bonds is 6. The summed E-state index contributed by atoms with van der Waals surface area (Å²) in [6.07, 6.45) is 0. The van der Waals surface area contributed by atoms with E-state index in [1.165, 1.54) is 11.3 Å². The summed E-state index contributed by atoms with van der Waals surface area (Å²) in [5.41, 5.74) is 2.66. The van der Waals surface area contributed by atoms with E-state index in [9.17, 15) is 4.79 Å². The van der Waals surface area contributed by atoms with Gasteiger partial charge in [0.25, 0.3) is 5.91 Å². The molecule has 6 nitrogen and oxygen atoms in total.